The zero-order chi connectivity index (χ0) is 25.9. The highest BCUT2D eigenvalue weighted by molar-refractivity contribution is 5.91. The maximum atomic E-state index is 12.2. The molecule has 12 heteroatoms. The molecule has 176 valence electrons. The Kier molecular flexibility index (Phi) is 8.13. The van der Waals surface area contributed by atoms with E-state index in [9.17, 15) is 30.5 Å². The molecule has 0 spiro atoms. The summed E-state index contributed by atoms with van der Waals surface area (Å²) in [5, 5.41) is 52.4. The van der Waals surface area contributed by atoms with Crippen LogP contribution in [0.1, 0.15) is 5.56 Å². The Hall–Kier alpha value is -5.88. The molecule has 0 fully saturated rings. The number of allylic oxidation sites excluding steroid dienone is 2. The topological polar surface area (TPSA) is 189 Å². The lowest BCUT2D eigenvalue weighted by atomic mass is 10.2. The fourth-order valence-corrected chi connectivity index (χ4v) is 2.68. The summed E-state index contributed by atoms with van der Waals surface area (Å²) in [5.41, 5.74) is 0.469. The zero-order valence-corrected chi connectivity index (χ0v) is 18.4. The third-order valence-corrected chi connectivity index (χ3v) is 4.41. The second-order valence-electron chi connectivity index (χ2n) is 6.87. The van der Waals surface area contributed by atoms with E-state index in [-0.39, 0.29) is 17.0 Å². The number of nitrogens with one attached hydrogen (secondary N) is 2. The van der Waals surface area contributed by atoms with Gasteiger partial charge in [0.1, 0.15) is 17.9 Å². The summed E-state index contributed by atoms with van der Waals surface area (Å²) in [4.78, 5) is 26.3. The number of para-hydroxylation sites is 1. The van der Waals surface area contributed by atoms with Crippen LogP contribution in [0.25, 0.3) is 0 Å². The third kappa shape index (κ3) is 6.81. The molecule has 0 saturated carbocycles. The molecule has 12 nitrogen and oxygen atoms in total. The first kappa shape index (κ1) is 24.8. The molecule has 0 aliphatic heterocycles. The van der Waals surface area contributed by atoms with E-state index in [1.165, 1.54) is 42.5 Å². The van der Waals surface area contributed by atoms with E-state index < -0.39 is 22.3 Å². The summed E-state index contributed by atoms with van der Waals surface area (Å²) in [6.45, 7) is 0. The molecule has 0 unspecified atom stereocenters. The Labute approximate surface area is 204 Å². The lowest BCUT2D eigenvalue weighted by molar-refractivity contribution is -0.384. The maximum Gasteiger partial charge on any atom is 0.324 e. The molecule has 0 saturated heterocycles. The summed E-state index contributed by atoms with van der Waals surface area (Å²) in [6, 6.07) is 20.9. The van der Waals surface area contributed by atoms with Gasteiger partial charge in [-0.1, -0.05) is 18.2 Å². The van der Waals surface area contributed by atoms with Crippen LogP contribution in [0.15, 0.2) is 99.4 Å². The summed E-state index contributed by atoms with van der Waals surface area (Å²) in [5.74, 6) is -0.182. The van der Waals surface area contributed by atoms with Gasteiger partial charge in [0.05, 0.1) is 16.3 Å². The number of nitro benzene ring substituents is 1. The minimum atomic E-state index is -0.739. The molecular weight excluding hydrogens is 464 g/mol. The van der Waals surface area contributed by atoms with Crippen molar-refractivity contribution in [2.45, 2.75) is 0 Å². The minimum Gasteiger partial charge on any atom is -0.507 e. The molecule has 0 atom stereocenters. The van der Waals surface area contributed by atoms with Crippen LogP contribution in [-0.4, -0.2) is 22.3 Å². The largest absolute Gasteiger partial charge is 0.507 e. The van der Waals surface area contributed by atoms with Crippen LogP contribution in [0.5, 0.6) is 5.75 Å². The van der Waals surface area contributed by atoms with Crippen LogP contribution < -0.4 is 10.6 Å². The van der Waals surface area contributed by atoms with Crippen LogP contribution >= 0.6 is 0 Å². The zero-order valence-electron chi connectivity index (χ0n) is 18.4. The van der Waals surface area contributed by atoms with Gasteiger partial charge in [-0.15, -0.1) is 0 Å². The van der Waals surface area contributed by atoms with E-state index in [4.69, 9.17) is 0 Å². The number of nitriles is 2. The Bertz CT molecular complexity index is 1450. The lowest BCUT2D eigenvalue weighted by Gasteiger charge is -2.06. The number of amides is 2. The first-order valence-electron chi connectivity index (χ1n) is 10.1. The highest BCUT2D eigenvalue weighted by Crippen LogP contribution is 2.25. The van der Waals surface area contributed by atoms with Gasteiger partial charge in [0.2, 0.25) is 0 Å². The average Bonchev–Trinajstić information content (AvgIpc) is 2.89. The smallest absolute Gasteiger partial charge is 0.324 e. The molecule has 0 bridgehead atoms. The number of aliphatic imine (C=N–C) groups is 1. The van der Waals surface area contributed by atoms with Gasteiger partial charge in [-0.2, -0.15) is 20.8 Å². The number of carbonyl (C=O) groups excluding carboxylic acids is 1. The van der Waals surface area contributed by atoms with Crippen LogP contribution in [0.2, 0.25) is 0 Å². The minimum absolute atomic E-state index is 0.0813. The van der Waals surface area contributed by atoms with Crippen LogP contribution in [-0.2, 0) is 0 Å². The fraction of sp³-hybridized carbons (Fsp3) is 0. The number of phenols is 1. The molecule has 36 heavy (non-hydrogen) atoms. The van der Waals surface area contributed by atoms with Crippen molar-refractivity contribution in [1.82, 2.24) is 5.32 Å². The number of urea groups is 1. The Morgan fingerprint density at radius 3 is 2.28 bits per heavy atom. The predicted molar refractivity (Wildman–Crippen MR) is 130 cm³/mol. The van der Waals surface area contributed by atoms with Crippen molar-refractivity contribution in [3.05, 3.63) is 99.9 Å². The number of non-ortho nitro benzene ring substituents is 1. The van der Waals surface area contributed by atoms with Gasteiger partial charge in [-0.05, 0) is 42.5 Å². The summed E-state index contributed by atoms with van der Waals surface area (Å²) in [7, 11) is 0. The van der Waals surface area contributed by atoms with Gasteiger partial charge in [0.25, 0.3) is 5.69 Å². The van der Waals surface area contributed by atoms with E-state index in [1.54, 1.807) is 42.5 Å². The number of benzene rings is 3. The lowest BCUT2D eigenvalue weighted by Crippen LogP contribution is -2.28. The number of anilines is 1. The van der Waals surface area contributed by atoms with Crippen molar-refractivity contribution < 1.29 is 14.8 Å². The number of hydrogen-bond acceptors (Lipinski definition) is 9. The van der Waals surface area contributed by atoms with Crippen LogP contribution in [0.3, 0.4) is 0 Å². The Morgan fingerprint density at radius 1 is 0.972 bits per heavy atom. The van der Waals surface area contributed by atoms with Crippen molar-refractivity contribution in [1.29, 1.82) is 10.5 Å². The first-order chi connectivity index (χ1) is 17.4. The number of aromatic hydroxyl groups is 1. The molecule has 3 aromatic rings. The Balaban J connectivity index is 1.77. The van der Waals surface area contributed by atoms with E-state index in [0.29, 0.717) is 17.1 Å². The summed E-state index contributed by atoms with van der Waals surface area (Å²) in [6.07, 6.45) is 1.13. The third-order valence-electron chi connectivity index (χ3n) is 4.41. The van der Waals surface area contributed by atoms with Crippen molar-refractivity contribution in [3.63, 3.8) is 0 Å². The predicted octanol–water partition coefficient (Wildman–Crippen LogP) is 5.22. The van der Waals surface area contributed by atoms with Crippen molar-refractivity contribution in [2.75, 3.05) is 5.32 Å². The molecule has 0 aromatic heterocycles. The molecule has 0 aliphatic carbocycles. The Morgan fingerprint density at radius 2 is 1.64 bits per heavy atom. The van der Waals surface area contributed by atoms with Crippen molar-refractivity contribution in [2.24, 2.45) is 15.2 Å². The number of carbonyl (C=O) groups is 1. The van der Waals surface area contributed by atoms with Crippen molar-refractivity contribution >= 4 is 35.0 Å². The number of phenolic OH excluding ortho intramolecular Hbond substituents is 1. The molecule has 3 rings (SSSR count). The number of azo groups is 1. The van der Waals surface area contributed by atoms with Gasteiger partial charge in [0, 0.05) is 29.6 Å². The van der Waals surface area contributed by atoms with E-state index in [1.807, 2.05) is 0 Å². The second-order valence-corrected chi connectivity index (χ2v) is 6.87. The van der Waals surface area contributed by atoms with Gasteiger partial charge < -0.3 is 10.4 Å². The monoisotopic (exact) mass is 480 g/mol. The standard InChI is InChI=1S/C24H16N8O4/c25-13-21(22(14-26)29-24(34)28-17-4-2-1-3-5-17)27-15-16-12-19(8-11-23(16)33)31-30-18-6-9-20(10-7-18)32(35)36/h1-12,15,33H,(H2,28,29,34). The molecule has 3 aromatic carbocycles. The molecule has 0 heterocycles. The van der Waals surface area contributed by atoms with Crippen molar-refractivity contribution in [3.8, 4) is 17.9 Å². The second kappa shape index (κ2) is 11.8. The normalized spacial score (nSPS) is 11.4. The summed E-state index contributed by atoms with van der Waals surface area (Å²) < 4.78 is 0. The van der Waals surface area contributed by atoms with Gasteiger partial charge >= 0.3 is 6.03 Å². The number of hydrogen-bond donors (Lipinski definition) is 3. The first-order valence-corrected chi connectivity index (χ1v) is 10.1. The van der Waals surface area contributed by atoms with E-state index in [0.717, 1.165) is 6.21 Å². The van der Waals surface area contributed by atoms with Gasteiger partial charge in [0.15, 0.2) is 11.4 Å². The number of rotatable bonds is 7. The molecule has 3 N–H and O–H groups in total. The van der Waals surface area contributed by atoms with Crippen LogP contribution in [0, 0.1) is 32.8 Å². The fourth-order valence-electron chi connectivity index (χ4n) is 2.68. The SMILES string of the molecule is N#CC(N=Cc1cc(N=Nc2ccc([N+](=O)[O-])cc2)ccc1O)=C(C#N)NC(=O)Nc1ccccc1. The molecule has 0 aliphatic rings. The highest BCUT2D eigenvalue weighted by atomic mass is 16.6. The quantitative estimate of drug-likeness (QED) is 0.137. The number of nitrogens with zero attached hydrogens (tertiary/aromatic N) is 6. The number of nitro groups is 1. The van der Waals surface area contributed by atoms with Gasteiger partial charge in [-0.3, -0.25) is 15.4 Å². The van der Waals surface area contributed by atoms with E-state index >= 15 is 0 Å². The molecule has 2 amide bonds. The summed E-state index contributed by atoms with van der Waals surface area (Å²) >= 11 is 0. The highest BCUT2D eigenvalue weighted by Gasteiger charge is 2.10. The molecular formula is C24H16N8O4. The average molecular weight is 480 g/mol. The van der Waals surface area contributed by atoms with Gasteiger partial charge in [-0.25, -0.2) is 9.79 Å². The van der Waals surface area contributed by atoms with Crippen LogP contribution in [0.4, 0.5) is 27.5 Å². The molecule has 0 radical (unpaired) electrons. The maximum absolute atomic E-state index is 12.2. The van der Waals surface area contributed by atoms with E-state index in [2.05, 4.69) is 25.9 Å².